The number of imidazole rings is 1. The fraction of sp³-hybridized carbons (Fsp3) is 0.172. The molecule has 0 saturated heterocycles. The molecule has 0 unspecified atom stereocenters. The highest BCUT2D eigenvalue weighted by Crippen LogP contribution is 2.32. The van der Waals surface area contributed by atoms with Gasteiger partial charge in [0.1, 0.15) is 5.75 Å². The van der Waals surface area contributed by atoms with E-state index in [9.17, 15) is 4.79 Å². The Balaban J connectivity index is 1.64. The summed E-state index contributed by atoms with van der Waals surface area (Å²) in [6.07, 6.45) is 5.24. The maximum atomic E-state index is 13.6. The van der Waals surface area contributed by atoms with Gasteiger partial charge in [0.05, 0.1) is 22.5 Å². The predicted octanol–water partition coefficient (Wildman–Crippen LogP) is 6.21. The number of fused-ring (bicyclic) bond motifs is 1. The lowest BCUT2D eigenvalue weighted by Gasteiger charge is -2.08. The Hall–Kier alpha value is -3.70. The number of hydrogen-bond donors (Lipinski definition) is 0. The number of thiazole rings is 1. The first-order chi connectivity index (χ1) is 16.8. The van der Waals surface area contributed by atoms with Gasteiger partial charge in [0.2, 0.25) is 0 Å². The molecule has 0 atom stereocenters. The van der Waals surface area contributed by atoms with E-state index in [1.54, 1.807) is 4.40 Å². The monoisotopic (exact) mass is 466 g/mol. The Morgan fingerprint density at radius 2 is 1.56 bits per heavy atom. The van der Waals surface area contributed by atoms with Crippen LogP contribution in [-0.2, 0) is 0 Å². The lowest BCUT2D eigenvalue weighted by Crippen LogP contribution is -2.23. The summed E-state index contributed by atoms with van der Waals surface area (Å²) in [6, 6.07) is 27.9. The molecule has 5 aromatic rings. The zero-order chi connectivity index (χ0) is 23.3. The summed E-state index contributed by atoms with van der Waals surface area (Å²) >= 11 is 1.41. The fourth-order valence-electron chi connectivity index (χ4n) is 4.07. The molecule has 0 N–H and O–H groups in total. The van der Waals surface area contributed by atoms with E-state index < -0.39 is 0 Å². The number of ether oxygens (including phenoxy) is 1. The van der Waals surface area contributed by atoms with Gasteiger partial charge in [-0.05, 0) is 18.6 Å². The van der Waals surface area contributed by atoms with Crippen molar-refractivity contribution in [3.05, 3.63) is 105 Å². The van der Waals surface area contributed by atoms with Gasteiger partial charge in [0, 0.05) is 16.7 Å². The maximum Gasteiger partial charge on any atom is 0.274 e. The van der Waals surface area contributed by atoms with Crippen molar-refractivity contribution < 1.29 is 4.74 Å². The number of hydrogen-bond acceptors (Lipinski definition) is 4. The van der Waals surface area contributed by atoms with Crippen LogP contribution in [0, 0.1) is 0 Å². The third kappa shape index (κ3) is 4.39. The van der Waals surface area contributed by atoms with Crippen LogP contribution in [0.1, 0.15) is 31.7 Å². The number of rotatable bonds is 8. The minimum atomic E-state index is -0.0608. The van der Waals surface area contributed by atoms with Gasteiger partial charge in [-0.1, -0.05) is 110 Å². The van der Waals surface area contributed by atoms with Gasteiger partial charge in [-0.25, -0.2) is 9.38 Å². The number of unbranched alkanes of at least 4 members (excludes halogenated alkanes) is 2. The Morgan fingerprint density at radius 3 is 2.29 bits per heavy atom. The molecule has 0 bridgehead atoms. The van der Waals surface area contributed by atoms with E-state index in [0.29, 0.717) is 16.1 Å². The van der Waals surface area contributed by atoms with Gasteiger partial charge in [0.15, 0.2) is 4.96 Å². The molecule has 0 aliphatic heterocycles. The van der Waals surface area contributed by atoms with Gasteiger partial charge in [0.25, 0.3) is 5.56 Å². The lowest BCUT2D eigenvalue weighted by atomic mass is 10.1. The van der Waals surface area contributed by atoms with Crippen molar-refractivity contribution in [1.29, 1.82) is 0 Å². The zero-order valence-corrected chi connectivity index (χ0v) is 19.9. The van der Waals surface area contributed by atoms with Crippen LogP contribution >= 0.6 is 11.3 Å². The van der Waals surface area contributed by atoms with E-state index in [4.69, 9.17) is 9.72 Å². The number of benzene rings is 3. The Labute approximate surface area is 202 Å². The largest absolute Gasteiger partial charge is 0.493 e. The molecule has 4 nitrogen and oxygen atoms in total. The highest BCUT2D eigenvalue weighted by atomic mass is 32.1. The van der Waals surface area contributed by atoms with Crippen LogP contribution in [0.4, 0.5) is 0 Å². The van der Waals surface area contributed by atoms with Gasteiger partial charge < -0.3 is 4.74 Å². The summed E-state index contributed by atoms with van der Waals surface area (Å²) in [5.74, 6) is 0.803. The van der Waals surface area contributed by atoms with Gasteiger partial charge in [-0.2, -0.15) is 0 Å². The number of aromatic nitrogens is 2. The molecule has 5 heteroatoms. The summed E-state index contributed by atoms with van der Waals surface area (Å²) in [7, 11) is 0. The summed E-state index contributed by atoms with van der Waals surface area (Å²) in [4.78, 5) is 19.2. The fourth-order valence-corrected chi connectivity index (χ4v) is 5.03. The van der Waals surface area contributed by atoms with E-state index in [-0.39, 0.29) is 5.56 Å². The van der Waals surface area contributed by atoms with Gasteiger partial charge in [-0.3, -0.25) is 4.79 Å². The molecule has 0 spiro atoms. The topological polar surface area (TPSA) is 43.6 Å². The zero-order valence-electron chi connectivity index (χ0n) is 19.1. The van der Waals surface area contributed by atoms with Crippen LogP contribution in [0.15, 0.2) is 89.7 Å². The number of nitrogens with zero attached hydrogens (tertiary/aromatic N) is 2. The first-order valence-electron chi connectivity index (χ1n) is 11.7. The first kappa shape index (κ1) is 22.1. The molecule has 0 amide bonds. The van der Waals surface area contributed by atoms with E-state index in [1.165, 1.54) is 11.3 Å². The van der Waals surface area contributed by atoms with Crippen molar-refractivity contribution in [3.8, 4) is 28.3 Å². The normalized spacial score (nSPS) is 11.9. The third-order valence-corrected chi connectivity index (χ3v) is 6.74. The molecular formula is C29H26N2O2S. The van der Waals surface area contributed by atoms with Crippen molar-refractivity contribution >= 4 is 22.4 Å². The Bertz CT molecular complexity index is 1500. The molecule has 0 fully saturated rings. The molecule has 3 aromatic carbocycles. The van der Waals surface area contributed by atoms with Crippen molar-refractivity contribution in [1.82, 2.24) is 9.38 Å². The molecule has 0 aliphatic carbocycles. The smallest absolute Gasteiger partial charge is 0.274 e. The second-order valence-electron chi connectivity index (χ2n) is 8.17. The molecule has 170 valence electrons. The lowest BCUT2D eigenvalue weighted by molar-refractivity contribution is 0.305. The molecular weight excluding hydrogens is 440 g/mol. The minimum absolute atomic E-state index is 0.0608. The van der Waals surface area contributed by atoms with E-state index in [1.807, 2.05) is 91.0 Å². The van der Waals surface area contributed by atoms with Gasteiger partial charge in [-0.15, -0.1) is 0 Å². The quantitative estimate of drug-likeness (QED) is 0.256. The average molecular weight is 467 g/mol. The van der Waals surface area contributed by atoms with Crippen LogP contribution in [0.2, 0.25) is 0 Å². The highest BCUT2D eigenvalue weighted by molar-refractivity contribution is 7.15. The van der Waals surface area contributed by atoms with E-state index in [2.05, 4.69) is 6.92 Å². The van der Waals surface area contributed by atoms with E-state index in [0.717, 1.165) is 53.1 Å². The van der Waals surface area contributed by atoms with Crippen LogP contribution in [-0.4, -0.2) is 16.0 Å². The SMILES string of the molecule is CCCCCOc1ccccc1/C=c1\sc2nc(-c3ccccc3)c(-c3ccccc3)n2c1=O. The maximum absolute atomic E-state index is 13.6. The van der Waals surface area contributed by atoms with Crippen LogP contribution < -0.4 is 14.8 Å². The number of para-hydroxylation sites is 1. The van der Waals surface area contributed by atoms with E-state index >= 15 is 0 Å². The van der Waals surface area contributed by atoms with Crippen LogP contribution in [0.5, 0.6) is 5.75 Å². The van der Waals surface area contributed by atoms with Crippen molar-refractivity contribution in [3.63, 3.8) is 0 Å². The molecule has 2 heterocycles. The second-order valence-corrected chi connectivity index (χ2v) is 9.18. The molecule has 0 radical (unpaired) electrons. The summed E-state index contributed by atoms with van der Waals surface area (Å²) in [5, 5.41) is 0. The molecule has 0 saturated carbocycles. The third-order valence-electron chi connectivity index (χ3n) is 5.77. The molecule has 34 heavy (non-hydrogen) atoms. The summed E-state index contributed by atoms with van der Waals surface area (Å²) in [6.45, 7) is 2.85. The summed E-state index contributed by atoms with van der Waals surface area (Å²) in [5.41, 5.74) is 4.45. The molecule has 5 rings (SSSR count). The van der Waals surface area contributed by atoms with Crippen molar-refractivity contribution in [2.75, 3.05) is 6.61 Å². The predicted molar refractivity (Wildman–Crippen MR) is 140 cm³/mol. The standard InChI is InChI=1S/C29H26N2O2S/c1-2-3-12-19-33-24-18-11-10-17-23(24)20-25-28(32)31-27(22-15-8-5-9-16-22)26(30-29(31)34-25)21-13-6-4-7-14-21/h4-11,13-18,20H,2-3,12,19H2,1H3/b25-20-. The van der Waals surface area contributed by atoms with Crippen LogP contribution in [0.3, 0.4) is 0 Å². The first-order valence-corrected chi connectivity index (χ1v) is 12.5. The summed E-state index contributed by atoms with van der Waals surface area (Å²) < 4.78 is 8.42. The molecule has 0 aliphatic rings. The van der Waals surface area contributed by atoms with Crippen LogP contribution in [0.25, 0.3) is 33.6 Å². The minimum Gasteiger partial charge on any atom is -0.493 e. The Morgan fingerprint density at radius 1 is 0.882 bits per heavy atom. The second kappa shape index (κ2) is 10.1. The van der Waals surface area contributed by atoms with Crippen molar-refractivity contribution in [2.45, 2.75) is 26.2 Å². The van der Waals surface area contributed by atoms with Crippen molar-refractivity contribution in [2.24, 2.45) is 0 Å². The Kier molecular flexibility index (Phi) is 6.54. The molecule has 2 aromatic heterocycles. The van der Waals surface area contributed by atoms with Gasteiger partial charge >= 0.3 is 0 Å². The highest BCUT2D eigenvalue weighted by Gasteiger charge is 2.20. The average Bonchev–Trinajstić information content (AvgIpc) is 3.40.